The van der Waals surface area contributed by atoms with E-state index in [1.807, 2.05) is 7.05 Å². The van der Waals surface area contributed by atoms with Crippen molar-refractivity contribution < 1.29 is 9.53 Å². The molecule has 2 heterocycles. The number of amides is 1. The van der Waals surface area contributed by atoms with Gasteiger partial charge in [-0.15, -0.1) is 11.3 Å². The van der Waals surface area contributed by atoms with E-state index in [4.69, 9.17) is 10.5 Å². The van der Waals surface area contributed by atoms with Crippen LogP contribution < -0.4 is 5.73 Å². The second kappa shape index (κ2) is 4.80. The molecule has 1 aliphatic heterocycles. The Morgan fingerprint density at radius 2 is 2.31 bits per heavy atom. The number of rotatable bonds is 2. The van der Waals surface area contributed by atoms with Gasteiger partial charge in [0.25, 0.3) is 5.91 Å². The number of hydrogen-bond acceptors (Lipinski definition) is 5. The van der Waals surface area contributed by atoms with Crippen LogP contribution in [0.15, 0.2) is 5.38 Å². The van der Waals surface area contributed by atoms with Crippen molar-refractivity contribution in [3.8, 4) is 0 Å². The summed E-state index contributed by atoms with van der Waals surface area (Å²) in [6.45, 7) is 1.45. The maximum atomic E-state index is 12.0. The molecule has 16 heavy (non-hydrogen) atoms. The Bertz CT molecular complexity index is 374. The highest BCUT2D eigenvalue weighted by Gasteiger charge is 2.24. The topological polar surface area (TPSA) is 68.5 Å². The number of thiazole rings is 1. The molecular weight excluding hydrogens is 226 g/mol. The number of nitrogens with zero attached hydrogens (tertiary/aromatic N) is 2. The SMILES string of the molecule is CN(C(=O)c1csc(N)n1)C1CCOCC1. The zero-order valence-corrected chi connectivity index (χ0v) is 10.00. The zero-order chi connectivity index (χ0) is 11.5. The predicted molar refractivity (Wildman–Crippen MR) is 62.5 cm³/mol. The van der Waals surface area contributed by atoms with Crippen LogP contribution in [0.2, 0.25) is 0 Å². The predicted octanol–water partition coefficient (Wildman–Crippen LogP) is 0.976. The molecule has 1 aromatic heterocycles. The number of carbonyl (C=O) groups is 1. The summed E-state index contributed by atoms with van der Waals surface area (Å²) in [7, 11) is 1.81. The monoisotopic (exact) mass is 241 g/mol. The lowest BCUT2D eigenvalue weighted by Crippen LogP contribution is -2.40. The van der Waals surface area contributed by atoms with Crippen molar-refractivity contribution in [2.45, 2.75) is 18.9 Å². The molecule has 6 heteroatoms. The Balaban J connectivity index is 2.03. The first-order valence-corrected chi connectivity index (χ1v) is 6.12. The molecule has 1 amide bonds. The number of aromatic nitrogens is 1. The van der Waals surface area contributed by atoms with Gasteiger partial charge in [-0.2, -0.15) is 0 Å². The molecule has 2 N–H and O–H groups in total. The standard InChI is InChI=1S/C10H15N3O2S/c1-13(7-2-4-15-5-3-7)9(14)8-6-16-10(11)12-8/h6-7H,2-5H2,1H3,(H2,11,12). The number of anilines is 1. The van der Waals surface area contributed by atoms with Gasteiger partial charge in [0.05, 0.1) is 0 Å². The maximum Gasteiger partial charge on any atom is 0.273 e. The Hall–Kier alpha value is -1.14. The highest BCUT2D eigenvalue weighted by molar-refractivity contribution is 7.13. The molecule has 0 unspecified atom stereocenters. The summed E-state index contributed by atoms with van der Waals surface area (Å²) < 4.78 is 5.27. The number of hydrogen-bond donors (Lipinski definition) is 1. The van der Waals surface area contributed by atoms with Crippen LogP contribution in [0.5, 0.6) is 0 Å². The summed E-state index contributed by atoms with van der Waals surface area (Å²) in [5.41, 5.74) is 5.95. The van der Waals surface area contributed by atoms with Crippen LogP contribution in [0.3, 0.4) is 0 Å². The van der Waals surface area contributed by atoms with E-state index in [-0.39, 0.29) is 11.9 Å². The van der Waals surface area contributed by atoms with Gasteiger partial charge in [-0.3, -0.25) is 4.79 Å². The molecule has 2 rings (SSSR count). The van der Waals surface area contributed by atoms with Crippen molar-refractivity contribution in [1.29, 1.82) is 0 Å². The summed E-state index contributed by atoms with van der Waals surface area (Å²) in [4.78, 5) is 17.8. The van der Waals surface area contributed by atoms with Gasteiger partial charge in [0.15, 0.2) is 5.13 Å². The fourth-order valence-corrected chi connectivity index (χ4v) is 2.34. The van der Waals surface area contributed by atoms with E-state index in [0.29, 0.717) is 10.8 Å². The number of nitrogens with two attached hydrogens (primary N) is 1. The minimum absolute atomic E-state index is 0.0557. The molecule has 0 aromatic carbocycles. The Kier molecular flexibility index (Phi) is 3.40. The van der Waals surface area contributed by atoms with Crippen molar-refractivity contribution in [2.24, 2.45) is 0 Å². The van der Waals surface area contributed by atoms with E-state index in [1.54, 1.807) is 10.3 Å². The molecule has 5 nitrogen and oxygen atoms in total. The quantitative estimate of drug-likeness (QED) is 0.838. The van der Waals surface area contributed by atoms with Gasteiger partial charge in [-0.05, 0) is 12.8 Å². The molecule has 0 saturated carbocycles. The highest BCUT2D eigenvalue weighted by Crippen LogP contribution is 2.17. The van der Waals surface area contributed by atoms with Crippen LogP contribution in [0.1, 0.15) is 23.3 Å². The van der Waals surface area contributed by atoms with Crippen molar-refractivity contribution in [3.05, 3.63) is 11.1 Å². The van der Waals surface area contributed by atoms with Gasteiger partial charge >= 0.3 is 0 Å². The average molecular weight is 241 g/mol. The smallest absolute Gasteiger partial charge is 0.273 e. The van der Waals surface area contributed by atoms with Crippen molar-refractivity contribution in [2.75, 3.05) is 26.0 Å². The van der Waals surface area contributed by atoms with Crippen molar-refractivity contribution in [1.82, 2.24) is 9.88 Å². The van der Waals surface area contributed by atoms with Gasteiger partial charge in [0, 0.05) is 31.7 Å². The molecule has 1 fully saturated rings. The minimum Gasteiger partial charge on any atom is -0.381 e. The first-order valence-electron chi connectivity index (χ1n) is 5.24. The van der Waals surface area contributed by atoms with E-state index in [9.17, 15) is 4.79 Å². The first kappa shape index (κ1) is 11.3. The van der Waals surface area contributed by atoms with Crippen LogP contribution in [0, 0.1) is 0 Å². The third kappa shape index (κ3) is 2.33. The van der Waals surface area contributed by atoms with Gasteiger partial charge in [0.1, 0.15) is 5.69 Å². The molecule has 1 saturated heterocycles. The molecule has 0 radical (unpaired) electrons. The molecule has 0 atom stereocenters. The zero-order valence-electron chi connectivity index (χ0n) is 9.18. The summed E-state index contributed by atoms with van der Waals surface area (Å²) in [5.74, 6) is -0.0557. The van der Waals surface area contributed by atoms with Crippen LogP contribution in [0.4, 0.5) is 5.13 Å². The van der Waals surface area contributed by atoms with Crippen molar-refractivity contribution in [3.63, 3.8) is 0 Å². The van der Waals surface area contributed by atoms with E-state index in [2.05, 4.69) is 4.98 Å². The fraction of sp³-hybridized carbons (Fsp3) is 0.600. The molecule has 0 bridgehead atoms. The number of ether oxygens (including phenoxy) is 1. The average Bonchev–Trinajstić information content (AvgIpc) is 2.75. The Morgan fingerprint density at radius 1 is 1.62 bits per heavy atom. The van der Waals surface area contributed by atoms with Crippen molar-refractivity contribution >= 4 is 22.4 Å². The fourth-order valence-electron chi connectivity index (χ4n) is 1.80. The number of carbonyl (C=O) groups excluding carboxylic acids is 1. The van der Waals surface area contributed by atoms with Gasteiger partial charge in [-0.25, -0.2) is 4.98 Å². The lowest BCUT2D eigenvalue weighted by Gasteiger charge is -2.30. The Labute approximate surface area is 98.2 Å². The minimum atomic E-state index is -0.0557. The summed E-state index contributed by atoms with van der Waals surface area (Å²) in [6.07, 6.45) is 1.78. The first-order chi connectivity index (χ1) is 7.68. The largest absolute Gasteiger partial charge is 0.381 e. The molecule has 0 spiro atoms. The normalized spacial score (nSPS) is 17.3. The van der Waals surface area contributed by atoms with Crippen LogP contribution in [-0.2, 0) is 4.74 Å². The van der Waals surface area contributed by atoms with Crippen LogP contribution in [-0.4, -0.2) is 42.1 Å². The molecular formula is C10H15N3O2S. The van der Waals surface area contributed by atoms with E-state index in [1.165, 1.54) is 11.3 Å². The van der Waals surface area contributed by atoms with Gasteiger partial charge in [-0.1, -0.05) is 0 Å². The molecule has 1 aromatic rings. The Morgan fingerprint density at radius 3 is 2.88 bits per heavy atom. The maximum absolute atomic E-state index is 12.0. The third-order valence-electron chi connectivity index (χ3n) is 2.80. The number of nitrogen functional groups attached to an aromatic ring is 1. The second-order valence-corrected chi connectivity index (χ2v) is 4.72. The summed E-state index contributed by atoms with van der Waals surface area (Å²) >= 11 is 1.29. The van der Waals surface area contributed by atoms with Crippen LogP contribution in [0.25, 0.3) is 0 Å². The summed E-state index contributed by atoms with van der Waals surface area (Å²) in [6, 6.07) is 0.254. The van der Waals surface area contributed by atoms with E-state index >= 15 is 0 Å². The van der Waals surface area contributed by atoms with E-state index < -0.39 is 0 Å². The molecule has 88 valence electrons. The van der Waals surface area contributed by atoms with Gasteiger partial charge < -0.3 is 15.4 Å². The third-order valence-corrected chi connectivity index (χ3v) is 3.47. The van der Waals surface area contributed by atoms with E-state index in [0.717, 1.165) is 26.1 Å². The lowest BCUT2D eigenvalue weighted by molar-refractivity contribution is 0.0359. The highest BCUT2D eigenvalue weighted by atomic mass is 32.1. The second-order valence-electron chi connectivity index (χ2n) is 3.83. The summed E-state index contributed by atoms with van der Waals surface area (Å²) in [5, 5.41) is 2.14. The van der Waals surface area contributed by atoms with Crippen LogP contribution >= 0.6 is 11.3 Å². The molecule has 0 aliphatic carbocycles. The van der Waals surface area contributed by atoms with Gasteiger partial charge in [0.2, 0.25) is 0 Å². The molecule has 1 aliphatic rings. The lowest BCUT2D eigenvalue weighted by atomic mass is 10.1.